The lowest BCUT2D eigenvalue weighted by atomic mass is 10.1. The molecule has 2 aromatic rings. The molecule has 1 aliphatic rings. The minimum absolute atomic E-state index is 0.0840. The van der Waals surface area contributed by atoms with E-state index in [9.17, 15) is 5.11 Å². The summed E-state index contributed by atoms with van der Waals surface area (Å²) >= 11 is 0. The Morgan fingerprint density at radius 3 is 2.90 bits per heavy atom. The Morgan fingerprint density at radius 1 is 1.43 bits per heavy atom. The number of hydrogen-bond acceptors (Lipinski definition) is 6. The van der Waals surface area contributed by atoms with Gasteiger partial charge in [-0.3, -0.25) is 0 Å². The number of ether oxygens (including phenoxy) is 1. The van der Waals surface area contributed by atoms with Crippen LogP contribution in [-0.4, -0.2) is 34.5 Å². The zero-order valence-electron chi connectivity index (χ0n) is 11.9. The molecule has 21 heavy (non-hydrogen) atoms. The molecule has 0 amide bonds. The van der Waals surface area contributed by atoms with Crippen molar-refractivity contribution >= 4 is 0 Å². The van der Waals surface area contributed by atoms with E-state index in [1.165, 1.54) is 0 Å². The first-order valence-electron chi connectivity index (χ1n) is 7.19. The number of hydrogen-bond donors (Lipinski definition) is 2. The maximum atomic E-state index is 9.56. The quantitative estimate of drug-likeness (QED) is 0.870. The normalized spacial score (nSPS) is 23.3. The molecule has 0 aliphatic carbocycles. The summed E-state index contributed by atoms with van der Waals surface area (Å²) in [6, 6.07) is 9.74. The van der Waals surface area contributed by atoms with E-state index in [-0.39, 0.29) is 18.2 Å². The maximum absolute atomic E-state index is 9.56. The van der Waals surface area contributed by atoms with Crippen LogP contribution < -0.4 is 5.32 Å². The van der Waals surface area contributed by atoms with Crippen LogP contribution in [0.3, 0.4) is 0 Å². The first-order chi connectivity index (χ1) is 10.3. The summed E-state index contributed by atoms with van der Waals surface area (Å²) in [5, 5.41) is 16.8. The molecule has 3 rings (SSSR count). The standard InChI is InChI=1S/C15H19N3O3/c1-2-20-13(10-6-4-3-5-7-10)14-17-15(21-18-14)12-8-11(19)9-16-12/h3-7,11-13,16,19H,2,8-9H2,1H3/t11-,12-,13?/m1/s1. The van der Waals surface area contributed by atoms with Crippen molar-refractivity contribution in [2.45, 2.75) is 31.6 Å². The fourth-order valence-electron chi connectivity index (χ4n) is 2.51. The Kier molecular flexibility index (Phi) is 4.28. The van der Waals surface area contributed by atoms with Gasteiger partial charge >= 0.3 is 0 Å². The van der Waals surface area contributed by atoms with E-state index in [1.54, 1.807) is 0 Å². The molecule has 112 valence electrons. The van der Waals surface area contributed by atoms with E-state index in [4.69, 9.17) is 9.26 Å². The highest BCUT2D eigenvalue weighted by molar-refractivity contribution is 5.22. The lowest BCUT2D eigenvalue weighted by molar-refractivity contribution is 0.0833. The van der Waals surface area contributed by atoms with Gasteiger partial charge in [-0.2, -0.15) is 4.98 Å². The summed E-state index contributed by atoms with van der Waals surface area (Å²) in [6.45, 7) is 3.05. The Labute approximate surface area is 123 Å². The molecule has 1 aromatic carbocycles. The molecule has 0 spiro atoms. The molecule has 3 atom stereocenters. The average molecular weight is 289 g/mol. The summed E-state index contributed by atoms with van der Waals surface area (Å²) in [7, 11) is 0. The van der Waals surface area contributed by atoms with Crippen LogP contribution in [0.2, 0.25) is 0 Å². The lowest BCUT2D eigenvalue weighted by Gasteiger charge is -2.13. The summed E-state index contributed by atoms with van der Waals surface area (Å²) < 4.78 is 11.1. The second-order valence-electron chi connectivity index (χ2n) is 5.09. The van der Waals surface area contributed by atoms with Crippen molar-refractivity contribution in [3.05, 3.63) is 47.6 Å². The molecule has 1 saturated heterocycles. The molecular weight excluding hydrogens is 270 g/mol. The zero-order valence-corrected chi connectivity index (χ0v) is 11.9. The van der Waals surface area contributed by atoms with Gasteiger partial charge in [0.1, 0.15) is 6.10 Å². The largest absolute Gasteiger partial charge is 0.392 e. The van der Waals surface area contributed by atoms with E-state index in [0.29, 0.717) is 31.3 Å². The molecule has 6 nitrogen and oxygen atoms in total. The predicted octanol–water partition coefficient (Wildman–Crippen LogP) is 1.59. The van der Waals surface area contributed by atoms with Crippen LogP contribution in [0, 0.1) is 0 Å². The van der Waals surface area contributed by atoms with Crippen LogP contribution in [0.4, 0.5) is 0 Å². The summed E-state index contributed by atoms with van der Waals surface area (Å²) in [5.41, 5.74) is 0.992. The SMILES string of the molecule is CCOC(c1ccccc1)c1noc([C@H]2C[C@@H](O)CN2)n1. The van der Waals surface area contributed by atoms with E-state index in [1.807, 2.05) is 37.3 Å². The van der Waals surface area contributed by atoms with Crippen LogP contribution in [0.15, 0.2) is 34.9 Å². The van der Waals surface area contributed by atoms with Crippen LogP contribution in [0.1, 0.15) is 42.8 Å². The minimum atomic E-state index is -0.359. The second kappa shape index (κ2) is 6.34. The number of benzene rings is 1. The van der Waals surface area contributed by atoms with Crippen molar-refractivity contribution in [2.75, 3.05) is 13.2 Å². The van der Waals surface area contributed by atoms with Crippen molar-refractivity contribution in [3.63, 3.8) is 0 Å². The van der Waals surface area contributed by atoms with Gasteiger partial charge in [0.15, 0.2) is 0 Å². The van der Waals surface area contributed by atoms with E-state index in [0.717, 1.165) is 5.56 Å². The molecule has 1 unspecified atom stereocenters. The molecule has 1 aromatic heterocycles. The van der Waals surface area contributed by atoms with Gasteiger partial charge in [-0.1, -0.05) is 35.5 Å². The number of aliphatic hydroxyl groups excluding tert-OH is 1. The smallest absolute Gasteiger partial charge is 0.243 e. The van der Waals surface area contributed by atoms with Crippen LogP contribution in [0.25, 0.3) is 0 Å². The average Bonchev–Trinajstić information content (AvgIpc) is 3.14. The van der Waals surface area contributed by atoms with Crippen molar-refractivity contribution in [1.82, 2.24) is 15.5 Å². The molecule has 2 heterocycles. The number of β-amino-alcohol motifs (C(OH)–C–C–N with tert-alkyl or cyclic N) is 1. The van der Waals surface area contributed by atoms with Gasteiger partial charge < -0.3 is 19.7 Å². The molecule has 1 aliphatic heterocycles. The Bertz CT molecular complexity index is 573. The first-order valence-corrected chi connectivity index (χ1v) is 7.19. The Balaban J connectivity index is 1.82. The van der Waals surface area contributed by atoms with Crippen molar-refractivity contribution < 1.29 is 14.4 Å². The fraction of sp³-hybridized carbons (Fsp3) is 0.467. The van der Waals surface area contributed by atoms with Crippen molar-refractivity contribution in [2.24, 2.45) is 0 Å². The number of nitrogens with one attached hydrogen (secondary N) is 1. The fourth-order valence-corrected chi connectivity index (χ4v) is 2.51. The molecule has 0 bridgehead atoms. The summed E-state index contributed by atoms with van der Waals surface area (Å²) in [6.07, 6.45) is -0.103. The third-order valence-electron chi connectivity index (χ3n) is 3.53. The van der Waals surface area contributed by atoms with Crippen LogP contribution in [0.5, 0.6) is 0 Å². The van der Waals surface area contributed by atoms with Crippen LogP contribution >= 0.6 is 0 Å². The second-order valence-corrected chi connectivity index (χ2v) is 5.09. The number of nitrogens with zero attached hydrogens (tertiary/aromatic N) is 2. The van der Waals surface area contributed by atoms with Gasteiger partial charge in [-0.15, -0.1) is 0 Å². The molecule has 6 heteroatoms. The molecule has 1 fully saturated rings. The van der Waals surface area contributed by atoms with Gasteiger partial charge in [-0.05, 0) is 18.9 Å². The minimum Gasteiger partial charge on any atom is -0.392 e. The van der Waals surface area contributed by atoms with Crippen molar-refractivity contribution in [1.29, 1.82) is 0 Å². The maximum Gasteiger partial charge on any atom is 0.243 e. The number of aliphatic hydroxyl groups is 1. The zero-order chi connectivity index (χ0) is 14.7. The Morgan fingerprint density at radius 2 is 2.24 bits per heavy atom. The predicted molar refractivity (Wildman–Crippen MR) is 75.6 cm³/mol. The lowest BCUT2D eigenvalue weighted by Crippen LogP contribution is -2.15. The van der Waals surface area contributed by atoms with Crippen molar-refractivity contribution in [3.8, 4) is 0 Å². The van der Waals surface area contributed by atoms with Gasteiger partial charge in [-0.25, -0.2) is 0 Å². The van der Waals surface area contributed by atoms with Gasteiger partial charge in [0.05, 0.1) is 12.1 Å². The van der Waals surface area contributed by atoms with E-state index >= 15 is 0 Å². The number of rotatable bonds is 5. The molecular formula is C15H19N3O3. The highest BCUT2D eigenvalue weighted by Gasteiger charge is 2.29. The molecule has 0 saturated carbocycles. The van der Waals surface area contributed by atoms with E-state index < -0.39 is 0 Å². The highest BCUT2D eigenvalue weighted by Crippen LogP contribution is 2.27. The summed E-state index contributed by atoms with van der Waals surface area (Å²) in [5.74, 6) is 1.02. The monoisotopic (exact) mass is 289 g/mol. The topological polar surface area (TPSA) is 80.4 Å². The molecule has 0 radical (unpaired) electrons. The van der Waals surface area contributed by atoms with E-state index in [2.05, 4.69) is 15.5 Å². The third kappa shape index (κ3) is 3.12. The third-order valence-corrected chi connectivity index (χ3v) is 3.53. The van der Waals surface area contributed by atoms with Gasteiger partial charge in [0, 0.05) is 13.2 Å². The molecule has 2 N–H and O–H groups in total. The first kappa shape index (κ1) is 14.2. The van der Waals surface area contributed by atoms with Crippen LogP contribution in [-0.2, 0) is 4.74 Å². The van der Waals surface area contributed by atoms with Gasteiger partial charge in [0.25, 0.3) is 0 Å². The number of aromatic nitrogens is 2. The highest BCUT2D eigenvalue weighted by atomic mass is 16.5. The Hall–Kier alpha value is -1.76. The summed E-state index contributed by atoms with van der Waals surface area (Å²) in [4.78, 5) is 4.45. The van der Waals surface area contributed by atoms with Gasteiger partial charge in [0.2, 0.25) is 11.7 Å².